The molecule has 2 N–H and O–H groups in total. The Kier molecular flexibility index (Phi) is 12.7. The van der Waals surface area contributed by atoms with Crippen molar-refractivity contribution in [2.75, 3.05) is 36.4 Å². The number of aryl methyl sites for hydroxylation is 2. The van der Waals surface area contributed by atoms with Crippen LogP contribution in [0.1, 0.15) is 99.8 Å². The molecule has 10 heteroatoms. The average molecular weight is 767 g/mol. The summed E-state index contributed by atoms with van der Waals surface area (Å²) in [7, 11) is 0. The summed E-state index contributed by atoms with van der Waals surface area (Å²) >= 11 is 6.53. The molecule has 0 amide bonds. The molecule has 2 aliphatic rings. The summed E-state index contributed by atoms with van der Waals surface area (Å²) in [6.45, 7) is 18.0. The lowest BCUT2D eigenvalue weighted by atomic mass is 9.82. The van der Waals surface area contributed by atoms with Crippen molar-refractivity contribution in [1.82, 2.24) is 14.9 Å². The maximum Gasteiger partial charge on any atom is 0.223 e. The molecular weight excluding hydrogens is 711 g/mol. The van der Waals surface area contributed by atoms with Crippen LogP contribution < -0.4 is 10.2 Å². The molecule has 6 rings (SSSR count). The van der Waals surface area contributed by atoms with Gasteiger partial charge in [0.05, 0.1) is 22.5 Å². The molecule has 55 heavy (non-hydrogen) atoms. The van der Waals surface area contributed by atoms with Gasteiger partial charge in [-0.05, 0) is 98.4 Å². The minimum absolute atomic E-state index is 0.0485. The monoisotopic (exact) mass is 766 g/mol. The van der Waals surface area contributed by atoms with E-state index < -0.39 is 11.4 Å². The molecule has 0 atom stereocenters. The highest BCUT2D eigenvalue weighted by molar-refractivity contribution is 6.32. The second kappa shape index (κ2) is 17.3. The van der Waals surface area contributed by atoms with E-state index in [1.54, 1.807) is 6.20 Å². The predicted octanol–water partition coefficient (Wildman–Crippen LogP) is 9.96. The van der Waals surface area contributed by atoms with Gasteiger partial charge >= 0.3 is 0 Å². The van der Waals surface area contributed by atoms with Gasteiger partial charge < -0.3 is 15.3 Å². The Morgan fingerprint density at radius 1 is 1.02 bits per heavy atom. The number of carbonyl (C=O) groups is 1. The first-order valence-corrected chi connectivity index (χ1v) is 20.2. The first kappa shape index (κ1) is 40.5. The number of halogens is 2. The van der Waals surface area contributed by atoms with Gasteiger partial charge in [-0.25, -0.2) is 14.4 Å². The van der Waals surface area contributed by atoms with Crippen molar-refractivity contribution in [2.24, 2.45) is 16.8 Å². The quantitative estimate of drug-likeness (QED) is 0.110. The minimum Gasteiger partial charge on any atom is -0.385 e. The highest BCUT2D eigenvalue weighted by Crippen LogP contribution is 2.36. The van der Waals surface area contributed by atoms with Gasteiger partial charge in [-0.3, -0.25) is 14.7 Å². The van der Waals surface area contributed by atoms with E-state index in [0.29, 0.717) is 40.8 Å². The SMILES string of the molecule is CCc1cc(C2(O)CCN(Cc3ccc(N4CCC(Nc5ncc(Cl)c(-c6cc(C)c(N=C(C)C(C)C)c(F)c6)n5)CC4)cc3)CC2)ccc1C(=O)C(C)C. The smallest absolute Gasteiger partial charge is 0.223 e. The molecule has 0 aliphatic carbocycles. The van der Waals surface area contributed by atoms with Crippen molar-refractivity contribution in [3.63, 3.8) is 0 Å². The van der Waals surface area contributed by atoms with E-state index in [-0.39, 0.29) is 23.7 Å². The Hall–Kier alpha value is -4.18. The first-order chi connectivity index (χ1) is 26.2. The molecule has 8 nitrogen and oxygen atoms in total. The van der Waals surface area contributed by atoms with Gasteiger partial charge in [0, 0.05) is 67.2 Å². The predicted molar refractivity (Wildman–Crippen MR) is 223 cm³/mol. The van der Waals surface area contributed by atoms with Crippen LogP contribution in [0.25, 0.3) is 11.3 Å². The van der Waals surface area contributed by atoms with Gasteiger partial charge in [0.25, 0.3) is 0 Å². The largest absolute Gasteiger partial charge is 0.385 e. The third kappa shape index (κ3) is 9.45. The molecule has 3 aromatic carbocycles. The number of rotatable bonds is 12. The van der Waals surface area contributed by atoms with Crippen LogP contribution in [0.2, 0.25) is 5.02 Å². The Labute approximate surface area is 331 Å². The highest BCUT2D eigenvalue weighted by Gasteiger charge is 2.34. The number of aromatic nitrogens is 2. The summed E-state index contributed by atoms with van der Waals surface area (Å²) in [6, 6.07) is 18.3. The summed E-state index contributed by atoms with van der Waals surface area (Å²) < 4.78 is 15.2. The molecule has 0 radical (unpaired) electrons. The number of aliphatic hydroxyl groups is 1. The Morgan fingerprint density at radius 3 is 2.33 bits per heavy atom. The lowest BCUT2D eigenvalue weighted by Gasteiger charge is -2.39. The highest BCUT2D eigenvalue weighted by atomic mass is 35.5. The number of nitrogens with zero attached hydrogens (tertiary/aromatic N) is 5. The summed E-state index contributed by atoms with van der Waals surface area (Å²) in [5.74, 6) is 0.425. The van der Waals surface area contributed by atoms with E-state index in [1.807, 2.05) is 59.7 Å². The van der Waals surface area contributed by atoms with Gasteiger partial charge in [-0.2, -0.15) is 0 Å². The van der Waals surface area contributed by atoms with Crippen LogP contribution in [0.5, 0.6) is 0 Å². The van der Waals surface area contributed by atoms with Crippen molar-refractivity contribution in [2.45, 2.75) is 98.8 Å². The number of nitrogens with one attached hydrogen (secondary N) is 1. The summed E-state index contributed by atoms with van der Waals surface area (Å²) in [5.41, 5.74) is 7.36. The van der Waals surface area contributed by atoms with Crippen molar-refractivity contribution in [3.05, 3.63) is 99.5 Å². The van der Waals surface area contributed by atoms with Crippen LogP contribution in [0.3, 0.4) is 0 Å². The van der Waals surface area contributed by atoms with Gasteiger partial charge in [-0.1, -0.05) is 76.6 Å². The lowest BCUT2D eigenvalue weighted by Crippen LogP contribution is -2.42. The maximum atomic E-state index is 15.2. The zero-order chi connectivity index (χ0) is 39.4. The standard InChI is InChI=1S/C45H56ClFN6O2/c1-8-33-24-35(11-14-38(33)43(54)29(4)5)45(55)17-21-52(22-18-45)27-32-9-12-37(13-10-32)53-19-15-36(16-20-53)50-44-48-26-39(46)42(51-44)34-23-30(6)41(40(47)25-34)49-31(7)28(2)3/h9-14,23-26,28-29,36,55H,8,15-22,27H2,1-7H3,(H,48,50,51). The number of benzene rings is 3. The van der Waals surface area contributed by atoms with Crippen molar-refractivity contribution >= 4 is 40.4 Å². The molecule has 3 heterocycles. The third-order valence-corrected chi connectivity index (χ3v) is 11.7. The van der Waals surface area contributed by atoms with Crippen LogP contribution in [0, 0.1) is 24.6 Å². The van der Waals surface area contributed by atoms with Gasteiger partial charge in [0.15, 0.2) is 5.78 Å². The summed E-state index contributed by atoms with van der Waals surface area (Å²) in [6.07, 6.45) is 5.52. The zero-order valence-electron chi connectivity index (χ0n) is 33.4. The Balaban J connectivity index is 1.01. The fourth-order valence-electron chi connectivity index (χ4n) is 7.59. The summed E-state index contributed by atoms with van der Waals surface area (Å²) in [5, 5.41) is 15.5. The molecule has 4 aromatic rings. The van der Waals surface area contributed by atoms with E-state index in [4.69, 9.17) is 16.6 Å². The molecule has 0 saturated carbocycles. The maximum absolute atomic E-state index is 15.2. The second-order valence-electron chi connectivity index (χ2n) is 16.0. The molecule has 0 unspecified atom stereocenters. The number of Topliss-reactive ketones (excluding diaryl/α,β-unsaturated/α-hetero) is 1. The Bertz CT molecular complexity index is 1990. The van der Waals surface area contributed by atoms with E-state index in [1.165, 1.54) is 17.3 Å². The van der Waals surface area contributed by atoms with Crippen molar-refractivity contribution < 1.29 is 14.3 Å². The molecular formula is C45H56ClFN6O2. The number of piperidine rings is 2. The van der Waals surface area contributed by atoms with Crippen LogP contribution in [0.15, 0.2) is 65.8 Å². The first-order valence-electron chi connectivity index (χ1n) is 19.9. The normalized spacial score (nSPS) is 16.9. The third-order valence-electron chi connectivity index (χ3n) is 11.4. The van der Waals surface area contributed by atoms with Crippen molar-refractivity contribution in [3.8, 4) is 11.3 Å². The molecule has 2 aliphatic heterocycles. The van der Waals surface area contributed by atoms with E-state index in [0.717, 1.165) is 80.0 Å². The van der Waals surface area contributed by atoms with Gasteiger partial charge in [-0.15, -0.1) is 0 Å². The number of ketones is 1. The van der Waals surface area contributed by atoms with Gasteiger partial charge in [0.1, 0.15) is 11.5 Å². The number of anilines is 2. The summed E-state index contributed by atoms with van der Waals surface area (Å²) in [4.78, 5) is 31.2. The number of aliphatic imine (C=N–C) groups is 1. The van der Waals surface area contributed by atoms with E-state index in [2.05, 4.69) is 62.3 Å². The van der Waals surface area contributed by atoms with E-state index in [9.17, 15) is 9.90 Å². The fourth-order valence-corrected chi connectivity index (χ4v) is 7.79. The second-order valence-corrected chi connectivity index (χ2v) is 16.5. The van der Waals surface area contributed by atoms with E-state index >= 15 is 4.39 Å². The Morgan fingerprint density at radius 2 is 1.71 bits per heavy atom. The van der Waals surface area contributed by atoms with Crippen LogP contribution in [-0.2, 0) is 18.6 Å². The fraction of sp³-hybridized carbons (Fsp3) is 0.467. The molecule has 0 bridgehead atoms. The zero-order valence-corrected chi connectivity index (χ0v) is 34.2. The molecule has 0 spiro atoms. The molecule has 1 aromatic heterocycles. The van der Waals surface area contributed by atoms with Crippen LogP contribution in [0.4, 0.5) is 21.7 Å². The number of hydrogen-bond acceptors (Lipinski definition) is 8. The lowest BCUT2D eigenvalue weighted by molar-refractivity contribution is -0.0278. The average Bonchev–Trinajstić information content (AvgIpc) is 3.17. The number of carbonyl (C=O) groups excluding carboxylic acids is 1. The van der Waals surface area contributed by atoms with Crippen molar-refractivity contribution in [1.29, 1.82) is 0 Å². The topological polar surface area (TPSA) is 93.9 Å². The minimum atomic E-state index is -0.875. The molecule has 2 fully saturated rings. The van der Waals surface area contributed by atoms with Crippen LogP contribution >= 0.6 is 11.6 Å². The molecule has 2 saturated heterocycles. The molecule has 292 valence electrons. The van der Waals surface area contributed by atoms with Crippen LogP contribution in [-0.4, -0.2) is 63.7 Å². The van der Waals surface area contributed by atoms with Gasteiger partial charge in [0.2, 0.25) is 5.95 Å². The number of hydrogen-bond donors (Lipinski definition) is 2. The number of likely N-dealkylation sites (tertiary alicyclic amines) is 1.